The predicted molar refractivity (Wildman–Crippen MR) is 61.0 cm³/mol. The standard InChI is InChI=1S/C10H6F5IO2/c11-9(12,10(13,14)15)5-18-8-2-1-6(4-17)3-7(8)16/h1-4H,5H2. The number of ether oxygens (including phenoxy) is 1. The fourth-order valence-electron chi connectivity index (χ4n) is 0.958. The SMILES string of the molecule is O=Cc1ccc(OCC(F)(F)C(F)(F)F)c(I)c1. The highest BCUT2D eigenvalue weighted by molar-refractivity contribution is 14.1. The van der Waals surface area contributed by atoms with E-state index in [0.29, 0.717) is 6.29 Å². The van der Waals surface area contributed by atoms with Crippen molar-refractivity contribution in [3.8, 4) is 5.75 Å². The molecule has 100 valence electrons. The van der Waals surface area contributed by atoms with E-state index < -0.39 is 18.7 Å². The largest absolute Gasteiger partial charge is 0.486 e. The third kappa shape index (κ3) is 3.53. The second-order valence-corrected chi connectivity index (χ2v) is 4.46. The van der Waals surface area contributed by atoms with Gasteiger partial charge in [-0.05, 0) is 40.8 Å². The van der Waals surface area contributed by atoms with Gasteiger partial charge in [0.05, 0.1) is 3.57 Å². The Kier molecular flexibility index (Phi) is 4.51. The summed E-state index contributed by atoms with van der Waals surface area (Å²) in [6.45, 7) is -1.80. The van der Waals surface area contributed by atoms with Crippen LogP contribution in [0.2, 0.25) is 0 Å². The summed E-state index contributed by atoms with van der Waals surface area (Å²) in [5.74, 6) is -5.05. The van der Waals surface area contributed by atoms with Gasteiger partial charge in [-0.15, -0.1) is 0 Å². The third-order valence-electron chi connectivity index (χ3n) is 1.92. The van der Waals surface area contributed by atoms with E-state index in [0.717, 1.165) is 6.07 Å². The highest BCUT2D eigenvalue weighted by atomic mass is 127. The maximum atomic E-state index is 12.6. The lowest BCUT2D eigenvalue weighted by Gasteiger charge is -2.20. The summed E-state index contributed by atoms with van der Waals surface area (Å²) in [6, 6.07) is 3.74. The molecule has 0 unspecified atom stereocenters. The van der Waals surface area contributed by atoms with Crippen molar-refractivity contribution in [2.75, 3.05) is 6.61 Å². The van der Waals surface area contributed by atoms with Crippen LogP contribution in [0.3, 0.4) is 0 Å². The molecule has 0 aliphatic carbocycles. The lowest BCUT2D eigenvalue weighted by atomic mass is 10.2. The van der Waals surface area contributed by atoms with Crippen LogP contribution >= 0.6 is 22.6 Å². The van der Waals surface area contributed by atoms with Crippen LogP contribution in [-0.4, -0.2) is 25.0 Å². The Morgan fingerprint density at radius 2 is 1.83 bits per heavy atom. The number of hydrogen-bond donors (Lipinski definition) is 0. The van der Waals surface area contributed by atoms with Crippen molar-refractivity contribution in [3.05, 3.63) is 27.3 Å². The van der Waals surface area contributed by atoms with Gasteiger partial charge in [-0.1, -0.05) is 0 Å². The molecule has 0 aromatic heterocycles. The number of carbonyl (C=O) groups is 1. The number of halogens is 6. The number of carbonyl (C=O) groups excluding carboxylic acids is 1. The molecule has 0 saturated heterocycles. The van der Waals surface area contributed by atoms with E-state index in [4.69, 9.17) is 0 Å². The molecule has 0 heterocycles. The smallest absolute Gasteiger partial charge is 0.456 e. The van der Waals surface area contributed by atoms with E-state index in [-0.39, 0.29) is 14.9 Å². The minimum Gasteiger partial charge on any atom is -0.486 e. The van der Waals surface area contributed by atoms with Crippen LogP contribution in [0.25, 0.3) is 0 Å². The van der Waals surface area contributed by atoms with Crippen molar-refractivity contribution >= 4 is 28.9 Å². The van der Waals surface area contributed by atoms with Crippen molar-refractivity contribution in [1.29, 1.82) is 0 Å². The maximum absolute atomic E-state index is 12.6. The topological polar surface area (TPSA) is 26.3 Å². The van der Waals surface area contributed by atoms with E-state index in [1.165, 1.54) is 12.1 Å². The molecular formula is C10H6F5IO2. The number of aldehydes is 1. The second kappa shape index (κ2) is 5.37. The number of benzene rings is 1. The number of alkyl halides is 5. The van der Waals surface area contributed by atoms with Crippen LogP contribution in [0.15, 0.2) is 18.2 Å². The van der Waals surface area contributed by atoms with Gasteiger partial charge in [0.1, 0.15) is 12.0 Å². The lowest BCUT2D eigenvalue weighted by Crippen LogP contribution is -2.41. The molecule has 2 nitrogen and oxygen atoms in total. The summed E-state index contributed by atoms with van der Waals surface area (Å²) in [7, 11) is 0. The minimum absolute atomic E-state index is 0.134. The molecule has 8 heteroatoms. The fraction of sp³-hybridized carbons (Fsp3) is 0.300. The predicted octanol–water partition coefficient (Wildman–Crippen LogP) is 3.68. The zero-order chi connectivity index (χ0) is 14.0. The van der Waals surface area contributed by atoms with Gasteiger partial charge in [0.15, 0.2) is 6.61 Å². The van der Waals surface area contributed by atoms with Crippen LogP contribution in [0.5, 0.6) is 5.75 Å². The summed E-state index contributed by atoms with van der Waals surface area (Å²) in [5, 5.41) is 0. The quantitative estimate of drug-likeness (QED) is 0.453. The highest BCUT2D eigenvalue weighted by Crippen LogP contribution is 2.36. The van der Waals surface area contributed by atoms with Crippen LogP contribution in [0.4, 0.5) is 22.0 Å². The van der Waals surface area contributed by atoms with Crippen LogP contribution in [0.1, 0.15) is 10.4 Å². The number of rotatable bonds is 4. The van der Waals surface area contributed by atoms with Gasteiger partial charge in [0, 0.05) is 5.56 Å². The Morgan fingerprint density at radius 1 is 1.22 bits per heavy atom. The van der Waals surface area contributed by atoms with Gasteiger partial charge in [-0.2, -0.15) is 22.0 Å². The Bertz CT molecular complexity index is 444. The molecule has 0 atom stereocenters. The van der Waals surface area contributed by atoms with Gasteiger partial charge in [0.2, 0.25) is 0 Å². The molecule has 0 spiro atoms. The van der Waals surface area contributed by atoms with E-state index >= 15 is 0 Å². The first-order chi connectivity index (χ1) is 8.17. The summed E-state index contributed by atoms with van der Waals surface area (Å²) in [4.78, 5) is 10.4. The molecule has 1 aromatic rings. The van der Waals surface area contributed by atoms with Crippen molar-refractivity contribution < 1.29 is 31.5 Å². The van der Waals surface area contributed by atoms with Gasteiger partial charge in [-0.3, -0.25) is 4.79 Å². The summed E-state index contributed by atoms with van der Waals surface area (Å²) in [6.07, 6.45) is -5.13. The molecule has 0 fully saturated rings. The van der Waals surface area contributed by atoms with Gasteiger partial charge in [-0.25, -0.2) is 0 Å². The Hall–Kier alpha value is -0.930. The van der Waals surface area contributed by atoms with E-state index in [2.05, 4.69) is 4.74 Å². The average Bonchev–Trinajstić information content (AvgIpc) is 2.25. The van der Waals surface area contributed by atoms with Crippen molar-refractivity contribution in [3.63, 3.8) is 0 Å². The van der Waals surface area contributed by atoms with E-state index in [1.54, 1.807) is 22.6 Å². The average molecular weight is 380 g/mol. The van der Waals surface area contributed by atoms with Crippen LogP contribution in [-0.2, 0) is 0 Å². The van der Waals surface area contributed by atoms with Crippen LogP contribution < -0.4 is 4.74 Å². The molecule has 18 heavy (non-hydrogen) atoms. The molecule has 1 rings (SSSR count). The Morgan fingerprint density at radius 3 is 2.28 bits per heavy atom. The summed E-state index contributed by atoms with van der Waals surface area (Å²) < 4.78 is 65.5. The van der Waals surface area contributed by atoms with Crippen molar-refractivity contribution in [1.82, 2.24) is 0 Å². The zero-order valence-corrected chi connectivity index (χ0v) is 10.8. The first-order valence-corrected chi connectivity index (χ1v) is 5.57. The van der Waals surface area contributed by atoms with Gasteiger partial charge < -0.3 is 4.74 Å². The minimum atomic E-state index is -5.65. The number of hydrogen-bond acceptors (Lipinski definition) is 2. The van der Waals surface area contributed by atoms with Crippen LogP contribution in [0, 0.1) is 3.57 Å². The molecular weight excluding hydrogens is 374 g/mol. The molecule has 0 radical (unpaired) electrons. The zero-order valence-electron chi connectivity index (χ0n) is 8.60. The third-order valence-corrected chi connectivity index (χ3v) is 2.76. The van der Waals surface area contributed by atoms with E-state index in [9.17, 15) is 26.7 Å². The van der Waals surface area contributed by atoms with E-state index in [1.807, 2.05) is 0 Å². The van der Waals surface area contributed by atoms with Crippen molar-refractivity contribution in [2.45, 2.75) is 12.1 Å². The first kappa shape index (κ1) is 15.1. The maximum Gasteiger partial charge on any atom is 0.456 e. The molecule has 0 aliphatic rings. The lowest BCUT2D eigenvalue weighted by molar-refractivity contribution is -0.290. The Balaban J connectivity index is 2.78. The molecule has 0 amide bonds. The Labute approximate surface area is 112 Å². The molecule has 1 aromatic carbocycles. The monoisotopic (exact) mass is 380 g/mol. The summed E-state index contributed by atoms with van der Waals surface area (Å²) >= 11 is 1.67. The second-order valence-electron chi connectivity index (χ2n) is 3.30. The highest BCUT2D eigenvalue weighted by Gasteiger charge is 2.58. The molecule has 0 N–H and O–H groups in total. The molecule has 0 saturated carbocycles. The molecule has 0 aliphatic heterocycles. The van der Waals surface area contributed by atoms with Gasteiger partial charge >= 0.3 is 12.1 Å². The normalized spacial score (nSPS) is 12.3. The molecule has 0 bridgehead atoms. The fourth-order valence-corrected chi connectivity index (χ4v) is 1.65. The van der Waals surface area contributed by atoms with Crippen molar-refractivity contribution in [2.24, 2.45) is 0 Å². The summed E-state index contributed by atoms with van der Waals surface area (Å²) in [5.41, 5.74) is 0.273. The van der Waals surface area contributed by atoms with Gasteiger partial charge in [0.25, 0.3) is 0 Å². The first-order valence-electron chi connectivity index (χ1n) is 4.49.